The normalized spacial score (nSPS) is 27.7. The molecular weight excluding hydrogens is 217 g/mol. The van der Waals surface area contributed by atoms with Gasteiger partial charge in [0, 0.05) is 6.04 Å². The molecule has 0 spiro atoms. The Balaban J connectivity index is 2.69. The van der Waals surface area contributed by atoms with E-state index >= 15 is 0 Å². The number of sulfone groups is 1. The maximum atomic E-state index is 13.0. The Labute approximate surface area is 88.0 Å². The second-order valence-electron chi connectivity index (χ2n) is 3.70. The Morgan fingerprint density at radius 1 is 1.47 bits per heavy atom. The lowest BCUT2D eigenvalue weighted by atomic mass is 10.0. The van der Waals surface area contributed by atoms with Crippen LogP contribution < -0.4 is 5.73 Å². The molecule has 5 heteroatoms. The molecule has 2 unspecified atom stereocenters. The summed E-state index contributed by atoms with van der Waals surface area (Å²) in [6.45, 7) is 1.77. The van der Waals surface area contributed by atoms with Crippen LogP contribution in [0, 0.1) is 5.82 Å². The maximum absolute atomic E-state index is 13.0. The van der Waals surface area contributed by atoms with E-state index in [2.05, 4.69) is 0 Å². The molecule has 82 valence electrons. The highest BCUT2D eigenvalue weighted by molar-refractivity contribution is 7.92. The second-order valence-corrected chi connectivity index (χ2v) is 5.83. The van der Waals surface area contributed by atoms with Crippen molar-refractivity contribution in [2.45, 2.75) is 29.5 Å². The summed E-state index contributed by atoms with van der Waals surface area (Å²) in [5.41, 5.74) is 6.36. The predicted octanol–water partition coefficient (Wildman–Crippen LogP) is 1.39. The van der Waals surface area contributed by atoms with Gasteiger partial charge in [-0.1, -0.05) is 13.0 Å². The first-order valence-electron chi connectivity index (χ1n) is 4.77. The van der Waals surface area contributed by atoms with Crippen molar-refractivity contribution in [2.24, 2.45) is 5.73 Å². The van der Waals surface area contributed by atoms with Crippen LogP contribution in [0.3, 0.4) is 0 Å². The van der Waals surface area contributed by atoms with Gasteiger partial charge in [0.05, 0.1) is 10.1 Å². The zero-order valence-corrected chi connectivity index (χ0v) is 9.09. The fraction of sp³-hybridized carbons (Fsp3) is 0.400. The van der Waals surface area contributed by atoms with E-state index in [4.69, 9.17) is 5.73 Å². The van der Waals surface area contributed by atoms with Gasteiger partial charge in [-0.05, 0) is 24.1 Å². The average Bonchev–Trinajstić information content (AvgIpc) is 2.35. The van der Waals surface area contributed by atoms with Crippen LogP contribution in [0.25, 0.3) is 0 Å². The van der Waals surface area contributed by atoms with Gasteiger partial charge in [-0.2, -0.15) is 0 Å². The molecule has 2 N–H and O–H groups in total. The molecule has 0 aliphatic carbocycles. The number of fused-ring (bicyclic) bond motifs is 1. The molecule has 1 aromatic rings. The standard InChI is InChI=1S/C10H12FNO2S/c1-2-8-10(12)7-4-3-6(11)5-9(7)15(8,13)14/h3-5,8,10H,2,12H2,1H3. The van der Waals surface area contributed by atoms with Crippen molar-refractivity contribution >= 4 is 9.84 Å². The number of hydrogen-bond acceptors (Lipinski definition) is 3. The van der Waals surface area contributed by atoms with Crippen molar-refractivity contribution in [1.29, 1.82) is 0 Å². The van der Waals surface area contributed by atoms with E-state index in [1.807, 2.05) is 0 Å². The summed E-state index contributed by atoms with van der Waals surface area (Å²) < 4.78 is 36.8. The van der Waals surface area contributed by atoms with Crippen LogP contribution in [0.4, 0.5) is 4.39 Å². The molecule has 0 saturated heterocycles. The minimum Gasteiger partial charge on any atom is -0.323 e. The lowest BCUT2D eigenvalue weighted by Gasteiger charge is -2.11. The maximum Gasteiger partial charge on any atom is 0.183 e. The molecular formula is C10H12FNO2S. The number of hydrogen-bond donors (Lipinski definition) is 1. The van der Waals surface area contributed by atoms with Crippen molar-refractivity contribution < 1.29 is 12.8 Å². The summed E-state index contributed by atoms with van der Waals surface area (Å²) >= 11 is 0. The molecule has 0 amide bonds. The monoisotopic (exact) mass is 229 g/mol. The molecule has 2 atom stereocenters. The molecule has 0 aromatic heterocycles. The Hall–Kier alpha value is -0.940. The number of benzene rings is 1. The summed E-state index contributed by atoms with van der Waals surface area (Å²) in [7, 11) is -3.43. The van der Waals surface area contributed by atoms with Crippen LogP contribution in [0.1, 0.15) is 24.9 Å². The molecule has 0 bridgehead atoms. The van der Waals surface area contributed by atoms with Crippen molar-refractivity contribution in [3.05, 3.63) is 29.6 Å². The van der Waals surface area contributed by atoms with Gasteiger partial charge < -0.3 is 5.73 Å². The van der Waals surface area contributed by atoms with E-state index < -0.39 is 26.9 Å². The van der Waals surface area contributed by atoms with Crippen LogP contribution in [0.2, 0.25) is 0 Å². The van der Waals surface area contributed by atoms with Crippen LogP contribution in [0.15, 0.2) is 23.1 Å². The zero-order valence-electron chi connectivity index (χ0n) is 8.27. The Morgan fingerprint density at radius 3 is 2.73 bits per heavy atom. The summed E-state index contributed by atoms with van der Waals surface area (Å²) in [6.07, 6.45) is 0.444. The Kier molecular flexibility index (Phi) is 2.31. The van der Waals surface area contributed by atoms with Gasteiger partial charge in [-0.25, -0.2) is 12.8 Å². The van der Waals surface area contributed by atoms with Crippen LogP contribution in [-0.2, 0) is 9.84 Å². The first kappa shape index (κ1) is 10.6. The fourth-order valence-electron chi connectivity index (χ4n) is 2.06. The summed E-state index contributed by atoms with van der Waals surface area (Å²) in [5, 5.41) is -0.616. The molecule has 0 saturated carbocycles. The van der Waals surface area contributed by atoms with Gasteiger partial charge in [-0.3, -0.25) is 0 Å². The first-order valence-corrected chi connectivity index (χ1v) is 6.32. The van der Waals surface area contributed by atoms with E-state index in [9.17, 15) is 12.8 Å². The van der Waals surface area contributed by atoms with Crippen molar-refractivity contribution in [2.75, 3.05) is 0 Å². The molecule has 0 fully saturated rings. The number of nitrogens with two attached hydrogens (primary N) is 1. The minimum atomic E-state index is -3.43. The molecule has 1 aliphatic rings. The van der Waals surface area contributed by atoms with Gasteiger partial charge in [0.2, 0.25) is 0 Å². The van der Waals surface area contributed by atoms with Crippen LogP contribution >= 0.6 is 0 Å². The highest BCUT2D eigenvalue weighted by Crippen LogP contribution is 2.39. The fourth-order valence-corrected chi connectivity index (χ4v) is 4.17. The highest BCUT2D eigenvalue weighted by atomic mass is 32.2. The van der Waals surface area contributed by atoms with Gasteiger partial charge in [0.1, 0.15) is 5.82 Å². The van der Waals surface area contributed by atoms with Crippen LogP contribution in [-0.4, -0.2) is 13.7 Å². The molecule has 1 aliphatic heterocycles. The molecule has 1 aromatic carbocycles. The van der Waals surface area contributed by atoms with E-state index in [1.165, 1.54) is 12.1 Å². The summed E-state index contributed by atoms with van der Waals surface area (Å²) in [5.74, 6) is -0.540. The van der Waals surface area contributed by atoms with Gasteiger partial charge >= 0.3 is 0 Å². The third-order valence-electron chi connectivity index (χ3n) is 2.84. The Morgan fingerprint density at radius 2 is 2.13 bits per heavy atom. The quantitative estimate of drug-likeness (QED) is 0.791. The van der Waals surface area contributed by atoms with E-state index in [1.54, 1.807) is 6.92 Å². The van der Waals surface area contributed by atoms with E-state index in [0.29, 0.717) is 12.0 Å². The highest BCUT2D eigenvalue weighted by Gasteiger charge is 2.42. The molecule has 1 heterocycles. The van der Waals surface area contributed by atoms with Gasteiger partial charge in [-0.15, -0.1) is 0 Å². The van der Waals surface area contributed by atoms with Gasteiger partial charge in [0.15, 0.2) is 9.84 Å². The minimum absolute atomic E-state index is 0.0573. The first-order chi connectivity index (χ1) is 6.98. The molecule has 15 heavy (non-hydrogen) atoms. The second kappa shape index (κ2) is 3.28. The summed E-state index contributed by atoms with van der Waals surface area (Å²) in [6, 6.07) is 3.23. The largest absolute Gasteiger partial charge is 0.323 e. The topological polar surface area (TPSA) is 60.2 Å². The van der Waals surface area contributed by atoms with E-state index in [-0.39, 0.29) is 4.90 Å². The molecule has 2 rings (SSSR count). The predicted molar refractivity (Wildman–Crippen MR) is 54.6 cm³/mol. The molecule has 0 radical (unpaired) electrons. The van der Waals surface area contributed by atoms with Crippen molar-refractivity contribution in [1.82, 2.24) is 0 Å². The number of halogens is 1. The Bertz CT molecular complexity index is 498. The number of rotatable bonds is 1. The summed E-state index contributed by atoms with van der Waals surface area (Å²) in [4.78, 5) is 0.0573. The van der Waals surface area contributed by atoms with E-state index in [0.717, 1.165) is 6.07 Å². The van der Waals surface area contributed by atoms with Gasteiger partial charge in [0.25, 0.3) is 0 Å². The third-order valence-corrected chi connectivity index (χ3v) is 5.23. The molecule has 3 nitrogen and oxygen atoms in total. The lowest BCUT2D eigenvalue weighted by molar-refractivity contribution is 0.566. The van der Waals surface area contributed by atoms with Crippen molar-refractivity contribution in [3.8, 4) is 0 Å². The van der Waals surface area contributed by atoms with Crippen molar-refractivity contribution in [3.63, 3.8) is 0 Å². The zero-order chi connectivity index (χ0) is 11.2. The van der Waals surface area contributed by atoms with Crippen LogP contribution in [0.5, 0.6) is 0 Å². The lowest BCUT2D eigenvalue weighted by Crippen LogP contribution is -2.25. The average molecular weight is 229 g/mol. The smallest absolute Gasteiger partial charge is 0.183 e. The SMILES string of the molecule is CCC1C(N)c2ccc(F)cc2S1(=O)=O. The third kappa shape index (κ3) is 1.38.